The molecule has 3 heteroatoms. The summed E-state index contributed by atoms with van der Waals surface area (Å²) in [5.74, 6) is 0.780. The van der Waals surface area contributed by atoms with Crippen LogP contribution in [0.5, 0.6) is 0 Å². The molecule has 1 aromatic rings. The highest BCUT2D eigenvalue weighted by Gasteiger charge is 2.07. The molecule has 0 aliphatic heterocycles. The van der Waals surface area contributed by atoms with Crippen LogP contribution in [0.15, 0.2) is 22.7 Å². The molecule has 0 bridgehead atoms. The van der Waals surface area contributed by atoms with Gasteiger partial charge in [0.05, 0.1) is 6.61 Å². The fourth-order valence-corrected chi connectivity index (χ4v) is 1.57. The van der Waals surface area contributed by atoms with E-state index in [0.717, 1.165) is 16.0 Å². The molecule has 71 valence electrons. The van der Waals surface area contributed by atoms with Crippen molar-refractivity contribution in [3.05, 3.63) is 40.0 Å². The van der Waals surface area contributed by atoms with Crippen LogP contribution in [0, 0.1) is 11.7 Å². The van der Waals surface area contributed by atoms with Gasteiger partial charge in [-0.05, 0) is 23.8 Å². The Kier molecular flexibility index (Phi) is 3.88. The second-order valence-corrected chi connectivity index (χ2v) is 3.79. The van der Waals surface area contributed by atoms with Crippen LogP contribution in [0.1, 0.15) is 12.5 Å². The monoisotopic (exact) mass is 245 g/mol. The van der Waals surface area contributed by atoms with E-state index in [1.165, 1.54) is 12.1 Å². The third kappa shape index (κ3) is 3.08. The largest absolute Gasteiger partial charge is 0.384 e. The summed E-state index contributed by atoms with van der Waals surface area (Å²) >= 11 is 3.24. The van der Waals surface area contributed by atoms with E-state index < -0.39 is 0 Å². The fraction of sp³-hybridized carbons (Fsp3) is 0.300. The van der Waals surface area contributed by atoms with Crippen LogP contribution in [-0.4, -0.2) is 13.7 Å². The van der Waals surface area contributed by atoms with Gasteiger partial charge in [0.1, 0.15) is 5.82 Å². The Hall–Kier alpha value is -0.410. The highest BCUT2D eigenvalue weighted by molar-refractivity contribution is 9.10. The quantitative estimate of drug-likeness (QED) is 0.795. The number of benzene rings is 1. The van der Waals surface area contributed by atoms with Crippen LogP contribution in [0.25, 0.3) is 0 Å². The Balaban J connectivity index is 2.87. The molecule has 1 nitrogen and oxygen atoms in total. The van der Waals surface area contributed by atoms with E-state index in [9.17, 15) is 4.39 Å². The molecule has 0 fully saturated rings. The van der Waals surface area contributed by atoms with Crippen LogP contribution < -0.4 is 0 Å². The molecule has 0 aliphatic rings. The summed E-state index contributed by atoms with van der Waals surface area (Å²) in [5, 5.41) is 0. The lowest BCUT2D eigenvalue weighted by molar-refractivity contribution is 0.214. The van der Waals surface area contributed by atoms with Gasteiger partial charge in [-0.25, -0.2) is 4.39 Å². The van der Waals surface area contributed by atoms with Gasteiger partial charge >= 0.3 is 0 Å². The number of halogens is 2. The molecule has 0 N–H and O–H groups in total. The van der Waals surface area contributed by atoms with E-state index in [2.05, 4.69) is 15.9 Å². The molecule has 0 aliphatic carbocycles. The molecule has 0 saturated carbocycles. The minimum Gasteiger partial charge on any atom is -0.384 e. The minimum atomic E-state index is -0.236. The van der Waals surface area contributed by atoms with Gasteiger partial charge in [-0.1, -0.05) is 22.9 Å². The highest BCUT2D eigenvalue weighted by atomic mass is 79.9. The maximum Gasteiger partial charge on any atom is 0.124 e. The summed E-state index contributed by atoms with van der Waals surface area (Å²) in [7, 11) is 1.62. The lowest BCUT2D eigenvalue weighted by Crippen LogP contribution is -2.03. The molecule has 1 radical (unpaired) electrons. The maximum atomic E-state index is 12.9. The molecule has 1 aromatic carbocycles. The molecule has 0 aromatic heterocycles. The molecule has 13 heavy (non-hydrogen) atoms. The van der Waals surface area contributed by atoms with Crippen LogP contribution in [0.2, 0.25) is 0 Å². The first kappa shape index (κ1) is 10.7. The first-order valence-corrected chi connectivity index (χ1v) is 4.70. The third-order valence-corrected chi connectivity index (χ3v) is 2.17. The lowest BCUT2D eigenvalue weighted by Gasteiger charge is -2.10. The zero-order valence-electron chi connectivity index (χ0n) is 7.60. The zero-order valence-corrected chi connectivity index (χ0v) is 9.19. The standard InChI is InChI=1S/C10H11BrFO/c1-7(6-13-2)8-3-9(11)5-10(12)4-8/h3-5H,6H2,1-2H3. The van der Waals surface area contributed by atoms with Crippen molar-refractivity contribution in [3.63, 3.8) is 0 Å². The van der Waals surface area contributed by atoms with Gasteiger partial charge < -0.3 is 4.74 Å². The molecule has 0 spiro atoms. The summed E-state index contributed by atoms with van der Waals surface area (Å²) in [5.41, 5.74) is 0.869. The van der Waals surface area contributed by atoms with E-state index in [1.807, 2.05) is 13.0 Å². The van der Waals surface area contributed by atoms with E-state index >= 15 is 0 Å². The summed E-state index contributed by atoms with van der Waals surface area (Å²) in [6.45, 7) is 2.45. The number of methoxy groups -OCH3 is 1. The average Bonchev–Trinajstić information content (AvgIpc) is 2.03. The third-order valence-electron chi connectivity index (χ3n) is 1.72. The van der Waals surface area contributed by atoms with E-state index in [0.29, 0.717) is 6.61 Å². The molecule has 1 rings (SSSR count). The molecule has 0 atom stereocenters. The second-order valence-electron chi connectivity index (χ2n) is 2.87. The van der Waals surface area contributed by atoms with Gasteiger partial charge in [-0.2, -0.15) is 0 Å². The number of rotatable bonds is 3. The van der Waals surface area contributed by atoms with Gasteiger partial charge in [-0.3, -0.25) is 0 Å². The molecular formula is C10H11BrFO. The number of hydrogen-bond donors (Lipinski definition) is 0. The van der Waals surface area contributed by atoms with Crippen molar-refractivity contribution in [2.75, 3.05) is 13.7 Å². The van der Waals surface area contributed by atoms with Crippen molar-refractivity contribution in [1.29, 1.82) is 0 Å². The Morgan fingerprint density at radius 1 is 1.46 bits per heavy atom. The Morgan fingerprint density at radius 3 is 2.69 bits per heavy atom. The van der Waals surface area contributed by atoms with E-state index in [1.54, 1.807) is 7.11 Å². The Morgan fingerprint density at radius 2 is 2.15 bits per heavy atom. The minimum absolute atomic E-state index is 0.236. The fourth-order valence-electron chi connectivity index (χ4n) is 1.10. The van der Waals surface area contributed by atoms with Crippen molar-refractivity contribution in [2.24, 2.45) is 0 Å². The highest BCUT2D eigenvalue weighted by Crippen LogP contribution is 2.21. The summed E-state index contributed by atoms with van der Waals surface area (Å²) in [4.78, 5) is 0. The normalized spacial score (nSPS) is 10.8. The van der Waals surface area contributed by atoms with Crippen molar-refractivity contribution in [3.8, 4) is 0 Å². The second kappa shape index (κ2) is 4.72. The first-order valence-electron chi connectivity index (χ1n) is 3.91. The molecule has 0 amide bonds. The van der Waals surface area contributed by atoms with Crippen LogP contribution in [0.4, 0.5) is 4.39 Å². The number of ether oxygens (including phenoxy) is 1. The summed E-state index contributed by atoms with van der Waals surface area (Å²) in [6.07, 6.45) is 0. The summed E-state index contributed by atoms with van der Waals surface area (Å²) in [6, 6.07) is 4.81. The Labute approximate surface area is 86.0 Å². The van der Waals surface area contributed by atoms with Crippen molar-refractivity contribution >= 4 is 15.9 Å². The topological polar surface area (TPSA) is 9.23 Å². The van der Waals surface area contributed by atoms with Crippen molar-refractivity contribution in [1.82, 2.24) is 0 Å². The Bertz CT molecular complexity index is 268. The predicted octanol–water partition coefficient (Wildman–Crippen LogP) is 3.18. The van der Waals surface area contributed by atoms with Gasteiger partial charge in [0, 0.05) is 17.5 Å². The molecular weight excluding hydrogens is 235 g/mol. The van der Waals surface area contributed by atoms with Gasteiger partial charge in [0.2, 0.25) is 0 Å². The lowest BCUT2D eigenvalue weighted by atomic mass is 10.0. The SMILES string of the molecule is COC[C](C)c1cc(F)cc(Br)c1. The van der Waals surface area contributed by atoms with Crippen LogP contribution in [-0.2, 0) is 4.74 Å². The van der Waals surface area contributed by atoms with Gasteiger partial charge in [0.15, 0.2) is 0 Å². The molecule has 0 unspecified atom stereocenters. The first-order chi connectivity index (χ1) is 6.13. The maximum absolute atomic E-state index is 12.9. The van der Waals surface area contributed by atoms with E-state index in [4.69, 9.17) is 4.74 Å². The van der Waals surface area contributed by atoms with E-state index in [-0.39, 0.29) is 5.82 Å². The molecule has 0 saturated heterocycles. The smallest absolute Gasteiger partial charge is 0.124 e. The number of hydrogen-bond acceptors (Lipinski definition) is 1. The van der Waals surface area contributed by atoms with Crippen molar-refractivity contribution < 1.29 is 9.13 Å². The van der Waals surface area contributed by atoms with Crippen LogP contribution >= 0.6 is 15.9 Å². The summed E-state index contributed by atoms with van der Waals surface area (Å²) < 4.78 is 18.7. The van der Waals surface area contributed by atoms with Gasteiger partial charge in [0.25, 0.3) is 0 Å². The zero-order chi connectivity index (χ0) is 9.84. The van der Waals surface area contributed by atoms with Crippen LogP contribution in [0.3, 0.4) is 0 Å². The van der Waals surface area contributed by atoms with Gasteiger partial charge in [-0.15, -0.1) is 0 Å². The predicted molar refractivity (Wildman–Crippen MR) is 54.0 cm³/mol. The van der Waals surface area contributed by atoms with Crippen molar-refractivity contribution in [2.45, 2.75) is 6.92 Å². The molecule has 0 heterocycles. The average molecular weight is 246 g/mol.